The molecule has 0 saturated heterocycles. The predicted molar refractivity (Wildman–Crippen MR) is 70.7 cm³/mol. The second-order valence-corrected chi connectivity index (χ2v) is 6.73. The van der Waals surface area contributed by atoms with Gasteiger partial charge in [0.25, 0.3) is 0 Å². The molecule has 4 fully saturated rings. The number of rotatable bonds is 1. The van der Waals surface area contributed by atoms with Gasteiger partial charge in [0.2, 0.25) is 5.95 Å². The van der Waals surface area contributed by atoms with E-state index in [1.807, 2.05) is 6.07 Å². The molecule has 1 aromatic heterocycles. The van der Waals surface area contributed by atoms with Gasteiger partial charge in [-0.05, 0) is 56.3 Å². The van der Waals surface area contributed by atoms with Gasteiger partial charge in [-0.3, -0.25) is 0 Å². The van der Waals surface area contributed by atoms with E-state index < -0.39 is 0 Å². The predicted octanol–water partition coefficient (Wildman–Crippen LogP) is 2.11. The molecule has 0 aliphatic heterocycles. The molecule has 0 aromatic carbocycles. The summed E-state index contributed by atoms with van der Waals surface area (Å²) in [7, 11) is 0. The lowest BCUT2D eigenvalue weighted by Gasteiger charge is -2.56. The maximum Gasteiger partial charge on any atom is 0.222 e. The van der Waals surface area contributed by atoms with Crippen LogP contribution in [0.25, 0.3) is 0 Å². The first kappa shape index (κ1) is 10.6. The van der Waals surface area contributed by atoms with E-state index in [0.717, 1.165) is 23.4 Å². The van der Waals surface area contributed by atoms with E-state index in [4.69, 9.17) is 11.5 Å². The summed E-state index contributed by atoms with van der Waals surface area (Å²) in [4.78, 5) is 8.52. The molecule has 4 bridgehead atoms. The summed E-state index contributed by atoms with van der Waals surface area (Å²) < 4.78 is 0. The lowest BCUT2D eigenvalue weighted by Crippen LogP contribution is -2.49. The van der Waals surface area contributed by atoms with Crippen LogP contribution in [0.15, 0.2) is 6.07 Å². The molecule has 0 amide bonds. The van der Waals surface area contributed by atoms with E-state index in [1.165, 1.54) is 38.5 Å². The Morgan fingerprint density at radius 3 is 2.00 bits per heavy atom. The lowest BCUT2D eigenvalue weighted by molar-refractivity contribution is -0.00715. The fourth-order valence-corrected chi connectivity index (χ4v) is 5.18. The highest BCUT2D eigenvalue weighted by molar-refractivity contribution is 5.39. The molecule has 4 saturated carbocycles. The molecule has 4 aliphatic carbocycles. The molecule has 0 atom stereocenters. The van der Waals surface area contributed by atoms with Crippen molar-refractivity contribution in [1.82, 2.24) is 9.97 Å². The Kier molecular flexibility index (Phi) is 1.98. The fourth-order valence-electron chi connectivity index (χ4n) is 5.18. The zero-order valence-electron chi connectivity index (χ0n) is 10.6. The SMILES string of the molecule is Nc1cc(C23CC4CC(CC(C4)C2)C3)nc(N)n1. The van der Waals surface area contributed by atoms with E-state index >= 15 is 0 Å². The Morgan fingerprint density at radius 1 is 0.944 bits per heavy atom. The Bertz CT molecular complexity index is 441. The van der Waals surface area contributed by atoms with Gasteiger partial charge in [-0.15, -0.1) is 0 Å². The van der Waals surface area contributed by atoms with Crippen LogP contribution in [-0.2, 0) is 5.41 Å². The van der Waals surface area contributed by atoms with Crippen molar-refractivity contribution in [3.63, 3.8) is 0 Å². The second-order valence-electron chi connectivity index (χ2n) is 6.73. The van der Waals surface area contributed by atoms with Crippen LogP contribution < -0.4 is 11.5 Å². The zero-order chi connectivity index (χ0) is 12.3. The standard InChI is InChI=1S/C14H20N4/c15-12-4-11(17-13(16)18-12)14-5-8-1-9(6-14)3-10(2-8)7-14/h4,8-10H,1-3,5-7H2,(H4,15,16,17,18). The van der Waals surface area contributed by atoms with Crippen molar-refractivity contribution in [2.24, 2.45) is 17.8 Å². The highest BCUT2D eigenvalue weighted by Gasteiger charge is 2.52. The molecular formula is C14H20N4. The Labute approximate surface area is 107 Å². The summed E-state index contributed by atoms with van der Waals surface area (Å²) in [5.74, 6) is 3.59. The Morgan fingerprint density at radius 2 is 1.50 bits per heavy atom. The molecular weight excluding hydrogens is 224 g/mol. The van der Waals surface area contributed by atoms with Crippen molar-refractivity contribution >= 4 is 11.8 Å². The van der Waals surface area contributed by atoms with Gasteiger partial charge in [-0.2, -0.15) is 4.98 Å². The molecule has 4 N–H and O–H groups in total. The van der Waals surface area contributed by atoms with Crippen LogP contribution >= 0.6 is 0 Å². The van der Waals surface area contributed by atoms with E-state index in [9.17, 15) is 0 Å². The average molecular weight is 244 g/mol. The quantitative estimate of drug-likeness (QED) is 0.793. The van der Waals surface area contributed by atoms with Crippen LogP contribution in [-0.4, -0.2) is 9.97 Å². The smallest absolute Gasteiger partial charge is 0.222 e. The van der Waals surface area contributed by atoms with Crippen molar-refractivity contribution in [1.29, 1.82) is 0 Å². The molecule has 5 rings (SSSR count). The minimum Gasteiger partial charge on any atom is -0.384 e. The molecule has 4 nitrogen and oxygen atoms in total. The lowest BCUT2D eigenvalue weighted by atomic mass is 9.49. The summed E-state index contributed by atoms with van der Waals surface area (Å²) in [6, 6.07) is 1.96. The first-order valence-electron chi connectivity index (χ1n) is 7.03. The first-order chi connectivity index (χ1) is 8.63. The highest BCUT2D eigenvalue weighted by atomic mass is 15.0. The summed E-state index contributed by atoms with van der Waals surface area (Å²) in [5, 5.41) is 0. The van der Waals surface area contributed by atoms with Crippen LogP contribution in [0.2, 0.25) is 0 Å². The molecule has 0 radical (unpaired) electrons. The largest absolute Gasteiger partial charge is 0.384 e. The molecule has 1 aromatic rings. The van der Waals surface area contributed by atoms with Crippen LogP contribution in [0, 0.1) is 17.8 Å². The minimum absolute atomic E-state index is 0.264. The molecule has 18 heavy (non-hydrogen) atoms. The molecule has 4 heteroatoms. The summed E-state index contributed by atoms with van der Waals surface area (Å²) in [5.41, 5.74) is 13.0. The van der Waals surface area contributed by atoms with Gasteiger partial charge in [0.1, 0.15) is 5.82 Å². The van der Waals surface area contributed by atoms with E-state index in [1.54, 1.807) is 0 Å². The van der Waals surface area contributed by atoms with E-state index in [2.05, 4.69) is 9.97 Å². The van der Waals surface area contributed by atoms with E-state index in [-0.39, 0.29) is 5.41 Å². The first-order valence-corrected chi connectivity index (χ1v) is 7.03. The topological polar surface area (TPSA) is 77.8 Å². The van der Waals surface area contributed by atoms with Crippen LogP contribution in [0.1, 0.15) is 44.2 Å². The maximum absolute atomic E-state index is 5.85. The van der Waals surface area contributed by atoms with Crippen LogP contribution in [0.5, 0.6) is 0 Å². The van der Waals surface area contributed by atoms with Crippen molar-refractivity contribution in [2.75, 3.05) is 11.5 Å². The van der Waals surface area contributed by atoms with Gasteiger partial charge in [0.15, 0.2) is 0 Å². The third-order valence-corrected chi connectivity index (χ3v) is 5.34. The maximum atomic E-state index is 5.85. The summed E-state index contributed by atoms with van der Waals surface area (Å²) in [6.45, 7) is 0. The fraction of sp³-hybridized carbons (Fsp3) is 0.714. The number of anilines is 2. The minimum atomic E-state index is 0.264. The molecule has 0 unspecified atom stereocenters. The summed E-state index contributed by atoms with van der Waals surface area (Å²) in [6.07, 6.45) is 8.18. The number of nitrogen functional groups attached to an aromatic ring is 2. The van der Waals surface area contributed by atoms with Gasteiger partial charge in [0.05, 0.1) is 5.69 Å². The summed E-state index contributed by atoms with van der Waals surface area (Å²) >= 11 is 0. The zero-order valence-corrected chi connectivity index (χ0v) is 10.6. The highest BCUT2D eigenvalue weighted by Crippen LogP contribution is 2.60. The van der Waals surface area contributed by atoms with Crippen LogP contribution in [0.4, 0.5) is 11.8 Å². The number of nitrogens with zero attached hydrogens (tertiary/aromatic N) is 2. The number of hydrogen-bond donors (Lipinski definition) is 2. The van der Waals surface area contributed by atoms with Crippen LogP contribution in [0.3, 0.4) is 0 Å². The molecule has 0 spiro atoms. The van der Waals surface area contributed by atoms with E-state index in [0.29, 0.717) is 11.8 Å². The van der Waals surface area contributed by atoms with Gasteiger partial charge >= 0.3 is 0 Å². The van der Waals surface area contributed by atoms with Gasteiger partial charge < -0.3 is 11.5 Å². The monoisotopic (exact) mass is 244 g/mol. The third kappa shape index (κ3) is 1.44. The molecule has 1 heterocycles. The van der Waals surface area contributed by atoms with Crippen molar-refractivity contribution in [2.45, 2.75) is 43.9 Å². The Balaban J connectivity index is 1.79. The van der Waals surface area contributed by atoms with Gasteiger partial charge in [-0.25, -0.2) is 4.98 Å². The van der Waals surface area contributed by atoms with Crippen molar-refractivity contribution in [3.05, 3.63) is 11.8 Å². The van der Waals surface area contributed by atoms with Gasteiger partial charge in [-0.1, -0.05) is 0 Å². The molecule has 96 valence electrons. The average Bonchev–Trinajstić information content (AvgIpc) is 2.25. The number of aromatic nitrogens is 2. The second kappa shape index (κ2) is 3.37. The normalized spacial score (nSPS) is 41.2. The van der Waals surface area contributed by atoms with Gasteiger partial charge in [0, 0.05) is 11.5 Å². The Hall–Kier alpha value is -1.32. The number of nitrogens with two attached hydrogens (primary N) is 2. The number of hydrogen-bond acceptors (Lipinski definition) is 4. The van der Waals surface area contributed by atoms with Crippen molar-refractivity contribution < 1.29 is 0 Å². The molecule has 4 aliphatic rings. The third-order valence-electron chi connectivity index (χ3n) is 5.34. The van der Waals surface area contributed by atoms with Crippen molar-refractivity contribution in [3.8, 4) is 0 Å².